The summed E-state index contributed by atoms with van der Waals surface area (Å²) in [6, 6.07) is 0. The first-order valence-corrected chi connectivity index (χ1v) is 5.79. The lowest BCUT2D eigenvalue weighted by Crippen LogP contribution is -2.63. The lowest BCUT2D eigenvalue weighted by atomic mass is 9.69. The van der Waals surface area contributed by atoms with Crippen molar-refractivity contribution in [2.45, 2.75) is 44.8 Å². The average molecular weight is 252 g/mol. The number of halogens is 3. The fraction of sp³-hybridized carbons (Fsp3) is 0.909. The monoisotopic (exact) mass is 252 g/mol. The molecule has 3 atom stereocenters. The van der Waals surface area contributed by atoms with Crippen LogP contribution >= 0.6 is 0 Å². The largest absolute Gasteiger partial charge is 0.401 e. The quantitative estimate of drug-likeness (QED) is 0.805. The van der Waals surface area contributed by atoms with E-state index < -0.39 is 24.2 Å². The minimum Gasteiger partial charge on any atom is -0.368 e. The predicted octanol–water partition coefficient (Wildman–Crippen LogP) is 1.82. The van der Waals surface area contributed by atoms with E-state index >= 15 is 0 Å². The number of rotatable bonds is 3. The van der Waals surface area contributed by atoms with Crippen molar-refractivity contribution < 1.29 is 18.0 Å². The summed E-state index contributed by atoms with van der Waals surface area (Å²) in [5, 5.41) is 2.36. The molecule has 0 aromatic carbocycles. The molecule has 1 amide bonds. The number of hydrogen-bond donors (Lipinski definition) is 2. The Morgan fingerprint density at radius 2 is 2.00 bits per heavy atom. The molecule has 1 fully saturated rings. The van der Waals surface area contributed by atoms with E-state index in [9.17, 15) is 18.0 Å². The van der Waals surface area contributed by atoms with Gasteiger partial charge >= 0.3 is 6.18 Å². The van der Waals surface area contributed by atoms with Gasteiger partial charge in [0.2, 0.25) is 5.91 Å². The van der Waals surface area contributed by atoms with Crippen molar-refractivity contribution in [2.24, 2.45) is 17.6 Å². The summed E-state index contributed by atoms with van der Waals surface area (Å²) in [5.41, 5.74) is 4.10. The third-order valence-electron chi connectivity index (χ3n) is 3.65. The molecule has 100 valence electrons. The number of carbonyl (C=O) groups excluding carboxylic acids is 1. The van der Waals surface area contributed by atoms with Gasteiger partial charge in [-0.1, -0.05) is 20.3 Å². The molecule has 0 spiro atoms. The molecule has 1 saturated carbocycles. The van der Waals surface area contributed by atoms with Gasteiger partial charge in [-0.05, 0) is 24.7 Å². The van der Waals surface area contributed by atoms with Crippen molar-refractivity contribution in [3.63, 3.8) is 0 Å². The Morgan fingerprint density at radius 1 is 1.41 bits per heavy atom. The highest BCUT2D eigenvalue weighted by Crippen LogP contribution is 2.37. The molecular formula is C11H19F3N2O. The Labute approximate surface area is 98.9 Å². The third kappa shape index (κ3) is 3.34. The minimum absolute atomic E-state index is 0.168. The van der Waals surface area contributed by atoms with Crippen molar-refractivity contribution in [3.05, 3.63) is 0 Å². The lowest BCUT2D eigenvalue weighted by Gasteiger charge is -2.43. The van der Waals surface area contributed by atoms with Gasteiger partial charge in [-0.25, -0.2) is 0 Å². The normalized spacial score (nSPS) is 34.6. The number of nitrogens with one attached hydrogen (secondary N) is 1. The molecule has 1 rings (SSSR count). The molecule has 0 saturated heterocycles. The lowest BCUT2D eigenvalue weighted by molar-refractivity contribution is -0.141. The molecule has 1 aliphatic carbocycles. The number of hydrogen-bond acceptors (Lipinski definition) is 2. The van der Waals surface area contributed by atoms with Gasteiger partial charge in [0.1, 0.15) is 5.54 Å². The Morgan fingerprint density at radius 3 is 2.47 bits per heavy atom. The summed E-state index contributed by atoms with van der Waals surface area (Å²) in [4.78, 5) is 11.5. The highest BCUT2D eigenvalue weighted by Gasteiger charge is 2.47. The predicted molar refractivity (Wildman–Crippen MR) is 58.2 cm³/mol. The van der Waals surface area contributed by atoms with E-state index in [0.29, 0.717) is 6.42 Å². The summed E-state index contributed by atoms with van der Waals surface area (Å²) in [6.45, 7) is 2.53. The van der Waals surface area contributed by atoms with E-state index in [-0.39, 0.29) is 11.8 Å². The van der Waals surface area contributed by atoms with Gasteiger partial charge in [-0.15, -0.1) is 0 Å². The van der Waals surface area contributed by atoms with Gasteiger partial charge in [-0.2, -0.15) is 13.2 Å². The Hall–Kier alpha value is -0.780. The molecule has 3 unspecified atom stereocenters. The fourth-order valence-corrected chi connectivity index (χ4v) is 2.57. The molecular weight excluding hydrogens is 233 g/mol. The maximum absolute atomic E-state index is 12.3. The van der Waals surface area contributed by atoms with Gasteiger partial charge in [-0.3, -0.25) is 10.1 Å². The van der Waals surface area contributed by atoms with Gasteiger partial charge in [0.15, 0.2) is 0 Å². The summed E-state index contributed by atoms with van der Waals surface area (Å²) in [6.07, 6.45) is -2.32. The van der Waals surface area contributed by atoms with Crippen LogP contribution in [0, 0.1) is 11.8 Å². The number of amides is 1. The number of carbonyl (C=O) groups is 1. The van der Waals surface area contributed by atoms with E-state index in [2.05, 4.69) is 5.32 Å². The molecule has 6 heteroatoms. The molecule has 1 aliphatic rings. The van der Waals surface area contributed by atoms with Gasteiger partial charge in [0.05, 0.1) is 6.54 Å². The number of primary amides is 1. The standard InChI is InChI=1S/C11H19F3N2O/c1-7-3-4-8(2)10(5-7,9(15)17)16-6-11(12,13)14/h7-8,16H,3-6H2,1-2H3,(H2,15,17). The average Bonchev–Trinajstić information content (AvgIpc) is 2.18. The fourth-order valence-electron chi connectivity index (χ4n) is 2.57. The van der Waals surface area contributed by atoms with Crippen molar-refractivity contribution >= 4 is 5.91 Å². The molecule has 0 radical (unpaired) electrons. The number of alkyl halides is 3. The topological polar surface area (TPSA) is 55.1 Å². The van der Waals surface area contributed by atoms with E-state index in [4.69, 9.17) is 5.73 Å². The SMILES string of the molecule is CC1CCC(C)C(NCC(F)(F)F)(C(N)=O)C1. The smallest absolute Gasteiger partial charge is 0.368 e. The first kappa shape index (κ1) is 14.3. The minimum atomic E-state index is -4.33. The molecule has 0 heterocycles. The van der Waals surface area contributed by atoms with Gasteiger partial charge < -0.3 is 5.73 Å². The molecule has 17 heavy (non-hydrogen) atoms. The molecule has 0 aromatic heterocycles. The van der Waals surface area contributed by atoms with Crippen molar-refractivity contribution in [2.75, 3.05) is 6.54 Å². The highest BCUT2D eigenvalue weighted by atomic mass is 19.4. The van der Waals surface area contributed by atoms with Crippen LogP contribution in [0.15, 0.2) is 0 Å². The van der Waals surface area contributed by atoms with Crippen molar-refractivity contribution in [3.8, 4) is 0 Å². The van der Waals surface area contributed by atoms with Crippen molar-refractivity contribution in [1.82, 2.24) is 5.32 Å². The molecule has 0 aromatic rings. The van der Waals surface area contributed by atoms with E-state index in [1.165, 1.54) is 0 Å². The van der Waals surface area contributed by atoms with Crippen LogP contribution in [-0.4, -0.2) is 24.2 Å². The van der Waals surface area contributed by atoms with Crippen molar-refractivity contribution in [1.29, 1.82) is 0 Å². The van der Waals surface area contributed by atoms with Crippen LogP contribution in [-0.2, 0) is 4.79 Å². The second-order valence-corrected chi connectivity index (χ2v) is 5.09. The zero-order valence-corrected chi connectivity index (χ0v) is 10.1. The Bertz CT molecular complexity index is 293. The van der Waals surface area contributed by atoms with Gasteiger partial charge in [0.25, 0.3) is 0 Å². The van der Waals surface area contributed by atoms with Crippen LogP contribution in [0.2, 0.25) is 0 Å². The molecule has 3 N–H and O–H groups in total. The van der Waals surface area contributed by atoms with Crippen LogP contribution < -0.4 is 11.1 Å². The second-order valence-electron chi connectivity index (χ2n) is 5.09. The molecule has 0 aliphatic heterocycles. The van der Waals surface area contributed by atoms with Crippen LogP contribution in [0.4, 0.5) is 13.2 Å². The maximum Gasteiger partial charge on any atom is 0.401 e. The first-order chi connectivity index (χ1) is 7.67. The van der Waals surface area contributed by atoms with Gasteiger partial charge in [0, 0.05) is 0 Å². The van der Waals surface area contributed by atoms with Crippen LogP contribution in [0.3, 0.4) is 0 Å². The zero-order valence-electron chi connectivity index (χ0n) is 10.1. The maximum atomic E-state index is 12.3. The summed E-state index contributed by atoms with van der Waals surface area (Å²) < 4.78 is 36.8. The summed E-state index contributed by atoms with van der Waals surface area (Å²) >= 11 is 0. The third-order valence-corrected chi connectivity index (χ3v) is 3.65. The molecule has 3 nitrogen and oxygen atoms in total. The van der Waals surface area contributed by atoms with E-state index in [1.54, 1.807) is 6.92 Å². The van der Waals surface area contributed by atoms with Crippen LogP contribution in [0.5, 0.6) is 0 Å². The van der Waals surface area contributed by atoms with Crippen LogP contribution in [0.25, 0.3) is 0 Å². The Kier molecular flexibility index (Phi) is 4.06. The van der Waals surface area contributed by atoms with Crippen LogP contribution in [0.1, 0.15) is 33.1 Å². The van der Waals surface area contributed by atoms with E-state index in [1.807, 2.05) is 6.92 Å². The highest BCUT2D eigenvalue weighted by molar-refractivity contribution is 5.85. The summed E-state index contributed by atoms with van der Waals surface area (Å²) in [7, 11) is 0. The summed E-state index contributed by atoms with van der Waals surface area (Å²) in [5.74, 6) is -0.640. The molecule has 0 bridgehead atoms. The number of nitrogens with two attached hydrogens (primary N) is 1. The zero-order chi connectivity index (χ0) is 13.3. The Balaban J connectivity index is 2.84. The first-order valence-electron chi connectivity index (χ1n) is 5.79. The van der Waals surface area contributed by atoms with E-state index in [0.717, 1.165) is 12.8 Å². The second kappa shape index (κ2) is 4.84.